The second kappa shape index (κ2) is 6.85. The Hall–Kier alpha value is -3.03. The van der Waals surface area contributed by atoms with Gasteiger partial charge in [-0.1, -0.05) is 0 Å². The minimum Gasteiger partial charge on any atom is -0.478 e. The quantitative estimate of drug-likeness (QED) is 0.645. The Bertz CT molecular complexity index is 994. The molecule has 0 fully saturated rings. The van der Waals surface area contributed by atoms with Gasteiger partial charge in [-0.15, -0.1) is 11.3 Å². The fourth-order valence-electron chi connectivity index (χ4n) is 2.04. The Morgan fingerprint density at radius 1 is 1.07 bits per heavy atom. The van der Waals surface area contributed by atoms with Crippen LogP contribution in [0.15, 0.2) is 23.8 Å². The average Bonchev–Trinajstić information content (AvgIpc) is 3.23. The van der Waals surface area contributed by atoms with Crippen LogP contribution in [0.2, 0.25) is 0 Å². The molecule has 28 heavy (non-hydrogen) atoms. The molecule has 0 aromatic carbocycles. The number of nitrogens with zero attached hydrogens (tertiary/aromatic N) is 5. The largest absolute Gasteiger partial charge is 0.478 e. The van der Waals surface area contributed by atoms with Crippen molar-refractivity contribution in [3.05, 3.63) is 45.8 Å². The molecule has 0 spiro atoms. The van der Waals surface area contributed by atoms with E-state index in [9.17, 15) is 31.1 Å². The first-order chi connectivity index (χ1) is 12.9. The molecule has 0 saturated carbocycles. The Morgan fingerprint density at radius 2 is 1.68 bits per heavy atom. The summed E-state index contributed by atoms with van der Waals surface area (Å²) in [4.78, 5) is 21.0. The first-order valence-corrected chi connectivity index (χ1v) is 8.05. The van der Waals surface area contributed by atoms with Crippen LogP contribution in [0.4, 0.5) is 26.3 Å². The summed E-state index contributed by atoms with van der Waals surface area (Å²) in [5.74, 6) is -2.03. The molecule has 0 bridgehead atoms. The zero-order valence-corrected chi connectivity index (χ0v) is 14.1. The summed E-state index contributed by atoms with van der Waals surface area (Å²) in [5.41, 5.74) is -3.84. The smallest absolute Gasteiger partial charge is 0.433 e. The van der Waals surface area contributed by atoms with Crippen molar-refractivity contribution in [1.82, 2.24) is 24.7 Å². The van der Waals surface area contributed by atoms with E-state index in [2.05, 4.69) is 20.1 Å². The Kier molecular flexibility index (Phi) is 4.82. The van der Waals surface area contributed by atoms with Gasteiger partial charge in [0.1, 0.15) is 22.1 Å². The maximum absolute atomic E-state index is 12.9. The van der Waals surface area contributed by atoms with Gasteiger partial charge in [0, 0.05) is 11.6 Å². The zero-order valence-electron chi connectivity index (χ0n) is 13.3. The molecule has 7 nitrogen and oxygen atoms in total. The lowest BCUT2D eigenvalue weighted by molar-refractivity contribution is -0.147. The average molecular weight is 423 g/mol. The molecular formula is C14H7F6N5O2S. The Balaban J connectivity index is 1.94. The fraction of sp³-hybridized carbons (Fsp3) is 0.214. The number of carboxylic acid groups (broad SMARTS) is 1. The van der Waals surface area contributed by atoms with E-state index in [-0.39, 0.29) is 28.9 Å². The summed E-state index contributed by atoms with van der Waals surface area (Å²) in [5, 5.41) is 14.1. The van der Waals surface area contributed by atoms with E-state index < -0.39 is 35.5 Å². The monoisotopic (exact) mass is 423 g/mol. The molecule has 0 radical (unpaired) electrons. The SMILES string of the molecule is O=C(O)c1cnn(Cc2nc(-c3nc(C(F)(F)F)cc(C(F)(F)F)n3)cs2)c1. The van der Waals surface area contributed by atoms with Gasteiger partial charge in [0.25, 0.3) is 0 Å². The summed E-state index contributed by atoms with van der Waals surface area (Å²) in [6, 6.07) is -0.173. The molecule has 148 valence electrons. The Morgan fingerprint density at radius 3 is 2.18 bits per heavy atom. The molecule has 3 heterocycles. The van der Waals surface area contributed by atoms with E-state index in [0.29, 0.717) is 0 Å². The molecule has 1 N–H and O–H groups in total. The highest BCUT2D eigenvalue weighted by Crippen LogP contribution is 2.35. The molecule has 3 aromatic heterocycles. The minimum absolute atomic E-state index is 0.0387. The number of carbonyl (C=O) groups is 1. The van der Waals surface area contributed by atoms with Crippen molar-refractivity contribution >= 4 is 17.3 Å². The van der Waals surface area contributed by atoms with Gasteiger partial charge in [-0.2, -0.15) is 31.4 Å². The van der Waals surface area contributed by atoms with E-state index in [1.54, 1.807) is 0 Å². The van der Waals surface area contributed by atoms with Gasteiger partial charge < -0.3 is 5.11 Å². The van der Waals surface area contributed by atoms with Crippen LogP contribution in [-0.2, 0) is 18.9 Å². The zero-order chi connectivity index (χ0) is 20.7. The van der Waals surface area contributed by atoms with Crippen LogP contribution in [0.3, 0.4) is 0 Å². The van der Waals surface area contributed by atoms with Gasteiger partial charge in [-0.05, 0) is 6.07 Å². The summed E-state index contributed by atoms with van der Waals surface area (Å²) >= 11 is 0.922. The molecule has 3 aromatic rings. The van der Waals surface area contributed by atoms with Crippen LogP contribution in [0.1, 0.15) is 26.8 Å². The van der Waals surface area contributed by atoms with Crippen LogP contribution in [0, 0.1) is 0 Å². The van der Waals surface area contributed by atoms with Gasteiger partial charge in [0.05, 0.1) is 18.3 Å². The molecule has 0 amide bonds. The Labute approximate surface area is 155 Å². The predicted molar refractivity (Wildman–Crippen MR) is 81.4 cm³/mol. The third-order valence-corrected chi connectivity index (χ3v) is 4.10. The van der Waals surface area contributed by atoms with Crippen molar-refractivity contribution in [2.75, 3.05) is 0 Å². The number of carboxylic acids is 1. The first-order valence-electron chi connectivity index (χ1n) is 7.17. The van der Waals surface area contributed by atoms with E-state index >= 15 is 0 Å². The standard InChI is InChI=1S/C14H7F6N5O2S/c15-13(16,17)8-1-9(14(18,19)20)24-11(23-8)7-5-28-10(22-7)4-25-3-6(2-21-25)12(26)27/h1-3,5H,4H2,(H,26,27). The second-order valence-corrected chi connectivity index (χ2v) is 6.26. The van der Waals surface area contributed by atoms with Crippen LogP contribution in [0.5, 0.6) is 0 Å². The lowest BCUT2D eigenvalue weighted by Gasteiger charge is -2.11. The van der Waals surface area contributed by atoms with Gasteiger partial charge >= 0.3 is 18.3 Å². The highest BCUT2D eigenvalue weighted by atomic mass is 32.1. The number of hydrogen-bond donors (Lipinski definition) is 1. The number of alkyl halides is 6. The lowest BCUT2D eigenvalue weighted by atomic mass is 10.3. The summed E-state index contributed by atoms with van der Waals surface area (Å²) in [6.45, 7) is -0.0387. The highest BCUT2D eigenvalue weighted by Gasteiger charge is 2.39. The molecule has 3 rings (SSSR count). The topological polar surface area (TPSA) is 93.8 Å². The van der Waals surface area contributed by atoms with Crippen molar-refractivity contribution in [2.24, 2.45) is 0 Å². The predicted octanol–water partition coefficient (Wildman–Crippen LogP) is 3.58. The van der Waals surface area contributed by atoms with Crippen molar-refractivity contribution in [3.63, 3.8) is 0 Å². The number of halogens is 6. The maximum atomic E-state index is 12.9. The van der Waals surface area contributed by atoms with Gasteiger partial charge in [-0.25, -0.2) is 19.7 Å². The number of rotatable bonds is 4. The van der Waals surface area contributed by atoms with Gasteiger partial charge in [-0.3, -0.25) is 4.68 Å². The van der Waals surface area contributed by atoms with Crippen LogP contribution in [-0.4, -0.2) is 35.8 Å². The lowest BCUT2D eigenvalue weighted by Crippen LogP contribution is -2.16. The van der Waals surface area contributed by atoms with Crippen molar-refractivity contribution < 1.29 is 36.2 Å². The summed E-state index contributed by atoms with van der Waals surface area (Å²) in [6.07, 6.45) is -7.91. The molecule has 0 aliphatic carbocycles. The molecule has 0 aliphatic rings. The van der Waals surface area contributed by atoms with Crippen molar-refractivity contribution in [2.45, 2.75) is 18.9 Å². The number of aromatic nitrogens is 5. The molecular weight excluding hydrogens is 416 g/mol. The minimum atomic E-state index is -5.10. The normalized spacial score (nSPS) is 12.4. The molecule has 14 heteroatoms. The second-order valence-electron chi connectivity index (χ2n) is 5.32. The maximum Gasteiger partial charge on any atom is 0.433 e. The number of hydrogen-bond acceptors (Lipinski definition) is 6. The number of thiazole rings is 1. The van der Waals surface area contributed by atoms with Crippen LogP contribution < -0.4 is 0 Å². The van der Waals surface area contributed by atoms with Crippen LogP contribution >= 0.6 is 11.3 Å². The summed E-state index contributed by atoms with van der Waals surface area (Å²) < 4.78 is 78.5. The van der Waals surface area contributed by atoms with E-state index in [1.165, 1.54) is 16.3 Å². The van der Waals surface area contributed by atoms with Gasteiger partial charge in [0.15, 0.2) is 5.82 Å². The van der Waals surface area contributed by atoms with E-state index in [0.717, 1.165) is 17.5 Å². The third kappa shape index (κ3) is 4.27. The molecule has 0 saturated heterocycles. The van der Waals surface area contributed by atoms with Crippen LogP contribution in [0.25, 0.3) is 11.5 Å². The summed E-state index contributed by atoms with van der Waals surface area (Å²) in [7, 11) is 0. The molecule has 0 aliphatic heterocycles. The van der Waals surface area contributed by atoms with E-state index in [1.807, 2.05) is 0 Å². The first kappa shape index (κ1) is 19.7. The number of aromatic carboxylic acids is 1. The van der Waals surface area contributed by atoms with E-state index in [4.69, 9.17) is 5.11 Å². The van der Waals surface area contributed by atoms with Crippen molar-refractivity contribution in [1.29, 1.82) is 0 Å². The van der Waals surface area contributed by atoms with Gasteiger partial charge in [0.2, 0.25) is 0 Å². The molecule has 0 atom stereocenters. The molecule has 0 unspecified atom stereocenters. The van der Waals surface area contributed by atoms with Crippen molar-refractivity contribution in [3.8, 4) is 11.5 Å². The third-order valence-electron chi connectivity index (χ3n) is 3.27. The highest BCUT2D eigenvalue weighted by molar-refractivity contribution is 7.09. The fourth-order valence-corrected chi connectivity index (χ4v) is 2.80.